The van der Waals surface area contributed by atoms with Crippen molar-refractivity contribution >= 4 is 16.0 Å². The molecule has 3 heterocycles. The van der Waals surface area contributed by atoms with Gasteiger partial charge in [-0.2, -0.15) is 17.0 Å². The maximum atomic E-state index is 12.7. The maximum absolute atomic E-state index is 12.7. The zero-order valence-corrected chi connectivity index (χ0v) is 13.0. The van der Waals surface area contributed by atoms with Crippen molar-refractivity contribution in [1.29, 1.82) is 0 Å². The fraction of sp³-hybridized carbons (Fsp3) is 0.615. The number of anilines is 1. The van der Waals surface area contributed by atoms with Gasteiger partial charge in [0.05, 0.1) is 25.5 Å². The first-order valence-corrected chi connectivity index (χ1v) is 8.64. The average Bonchev–Trinajstić information content (AvgIpc) is 2.56. The van der Waals surface area contributed by atoms with Crippen molar-refractivity contribution in [3.8, 4) is 0 Å². The van der Waals surface area contributed by atoms with Crippen molar-refractivity contribution < 1.29 is 17.9 Å². The van der Waals surface area contributed by atoms with Gasteiger partial charge in [0, 0.05) is 26.2 Å². The Bertz CT molecular complexity index is 618. The normalized spacial score (nSPS) is 25.2. The van der Waals surface area contributed by atoms with Crippen LogP contribution in [0, 0.1) is 0 Å². The molecule has 3 rings (SSSR count). The molecule has 0 aromatic carbocycles. The highest BCUT2D eigenvalue weighted by molar-refractivity contribution is 7.86. The van der Waals surface area contributed by atoms with E-state index in [9.17, 15) is 8.42 Å². The third kappa shape index (κ3) is 3.23. The van der Waals surface area contributed by atoms with Gasteiger partial charge in [0.25, 0.3) is 10.2 Å². The third-order valence-corrected chi connectivity index (χ3v) is 5.78. The third-order valence-electron chi connectivity index (χ3n) is 3.77. The van der Waals surface area contributed by atoms with Crippen molar-refractivity contribution in [2.75, 3.05) is 51.7 Å². The monoisotopic (exact) mass is 328 g/mol. The minimum atomic E-state index is -3.49. The van der Waals surface area contributed by atoms with E-state index in [1.54, 1.807) is 18.2 Å². The number of aromatic nitrogens is 1. The summed E-state index contributed by atoms with van der Waals surface area (Å²) in [5, 5.41) is 0. The van der Waals surface area contributed by atoms with Gasteiger partial charge in [-0.1, -0.05) is 6.07 Å². The Morgan fingerprint density at radius 1 is 1.14 bits per heavy atom. The highest BCUT2D eigenvalue weighted by Crippen LogP contribution is 2.24. The summed E-state index contributed by atoms with van der Waals surface area (Å²) in [6.07, 6.45) is -0.395. The number of hydrogen-bond acceptors (Lipinski definition) is 6. The zero-order chi connectivity index (χ0) is 15.6. The molecular formula is C13H20N4O4S. The molecule has 2 aliphatic rings. The summed E-state index contributed by atoms with van der Waals surface area (Å²) >= 11 is 0. The smallest absolute Gasteiger partial charge is 0.282 e. The molecule has 0 aliphatic carbocycles. The van der Waals surface area contributed by atoms with E-state index in [0.717, 1.165) is 0 Å². The van der Waals surface area contributed by atoms with Gasteiger partial charge in [-0.25, -0.2) is 4.98 Å². The highest BCUT2D eigenvalue weighted by atomic mass is 32.2. The van der Waals surface area contributed by atoms with Crippen LogP contribution in [0.5, 0.6) is 0 Å². The second-order valence-corrected chi connectivity index (χ2v) is 7.15. The molecule has 8 nitrogen and oxygen atoms in total. The van der Waals surface area contributed by atoms with E-state index in [1.165, 1.54) is 8.61 Å². The number of hydrogen-bond donors (Lipinski definition) is 1. The Morgan fingerprint density at radius 3 is 2.59 bits per heavy atom. The predicted molar refractivity (Wildman–Crippen MR) is 80.2 cm³/mol. The summed E-state index contributed by atoms with van der Waals surface area (Å²) in [5.41, 5.74) is 6.34. The number of rotatable bonds is 3. The van der Waals surface area contributed by atoms with Crippen LogP contribution in [0.3, 0.4) is 0 Å². The molecule has 0 unspecified atom stereocenters. The largest absolute Gasteiger partial charge is 0.384 e. The molecule has 1 aromatic rings. The molecule has 1 atom stereocenters. The Labute approximate surface area is 130 Å². The molecule has 2 saturated heterocycles. The summed E-state index contributed by atoms with van der Waals surface area (Å²) in [6, 6.07) is 5.27. The molecule has 9 heteroatoms. The van der Waals surface area contributed by atoms with Crippen LogP contribution in [0.2, 0.25) is 0 Å². The number of pyridine rings is 1. The minimum absolute atomic E-state index is 0.246. The van der Waals surface area contributed by atoms with Gasteiger partial charge in [0.15, 0.2) is 0 Å². The van der Waals surface area contributed by atoms with E-state index in [0.29, 0.717) is 51.0 Å². The fourth-order valence-corrected chi connectivity index (χ4v) is 4.17. The van der Waals surface area contributed by atoms with E-state index in [-0.39, 0.29) is 6.54 Å². The first kappa shape index (κ1) is 15.6. The minimum Gasteiger partial charge on any atom is -0.384 e. The average molecular weight is 328 g/mol. The van der Waals surface area contributed by atoms with Crippen LogP contribution in [0.25, 0.3) is 0 Å². The SMILES string of the molecule is Nc1cccc([C@@H]2CN(S(=O)(=O)N3CCOCC3)CCO2)n1. The Kier molecular flexibility index (Phi) is 4.59. The van der Waals surface area contributed by atoms with Crippen LogP contribution in [-0.2, 0) is 19.7 Å². The molecule has 122 valence electrons. The highest BCUT2D eigenvalue weighted by Gasteiger charge is 2.35. The Hall–Kier alpha value is -1.26. The molecule has 0 saturated carbocycles. The Morgan fingerprint density at radius 2 is 1.86 bits per heavy atom. The fourth-order valence-electron chi connectivity index (χ4n) is 2.60. The number of ether oxygens (including phenoxy) is 2. The molecule has 0 spiro atoms. The lowest BCUT2D eigenvalue weighted by molar-refractivity contribution is -0.00836. The topological polar surface area (TPSA) is 98.0 Å². The number of nitrogen functional groups attached to an aromatic ring is 1. The van der Waals surface area contributed by atoms with Gasteiger partial charge in [0.1, 0.15) is 11.9 Å². The molecule has 1 aromatic heterocycles. The van der Waals surface area contributed by atoms with E-state index in [2.05, 4.69) is 4.98 Å². The van der Waals surface area contributed by atoms with Crippen molar-refractivity contribution in [2.24, 2.45) is 0 Å². The quantitative estimate of drug-likeness (QED) is 0.812. The van der Waals surface area contributed by atoms with Crippen molar-refractivity contribution in [2.45, 2.75) is 6.10 Å². The molecular weight excluding hydrogens is 308 g/mol. The van der Waals surface area contributed by atoms with E-state index in [4.69, 9.17) is 15.2 Å². The van der Waals surface area contributed by atoms with Gasteiger partial charge in [-0.05, 0) is 12.1 Å². The van der Waals surface area contributed by atoms with Gasteiger partial charge in [-0.3, -0.25) is 0 Å². The summed E-state index contributed by atoms with van der Waals surface area (Å²) < 4.78 is 39.2. The Balaban J connectivity index is 1.75. The number of morpholine rings is 2. The molecule has 2 fully saturated rings. The first-order chi connectivity index (χ1) is 10.6. The molecule has 0 amide bonds. The van der Waals surface area contributed by atoms with Crippen molar-refractivity contribution in [1.82, 2.24) is 13.6 Å². The lowest BCUT2D eigenvalue weighted by atomic mass is 10.2. The second-order valence-electron chi connectivity index (χ2n) is 5.22. The summed E-state index contributed by atoms with van der Waals surface area (Å²) in [6.45, 7) is 2.58. The first-order valence-electron chi connectivity index (χ1n) is 7.24. The van der Waals surface area contributed by atoms with E-state index in [1.807, 2.05) is 0 Å². The summed E-state index contributed by atoms with van der Waals surface area (Å²) in [7, 11) is -3.49. The molecule has 0 radical (unpaired) electrons. The standard InChI is InChI=1S/C13H20N4O4S/c14-13-3-1-2-11(15-13)12-10-17(6-9-21-12)22(18,19)16-4-7-20-8-5-16/h1-3,12H,4-10H2,(H2,14,15)/t12-/m0/s1. The second kappa shape index (κ2) is 6.47. The predicted octanol–water partition coefficient (Wildman–Crippen LogP) is -0.386. The van der Waals surface area contributed by atoms with Gasteiger partial charge in [-0.15, -0.1) is 0 Å². The molecule has 2 N–H and O–H groups in total. The molecule has 0 bridgehead atoms. The number of nitrogens with two attached hydrogens (primary N) is 1. The summed E-state index contributed by atoms with van der Waals surface area (Å²) in [5.74, 6) is 0.397. The van der Waals surface area contributed by atoms with Crippen LogP contribution in [0.15, 0.2) is 18.2 Å². The van der Waals surface area contributed by atoms with Crippen LogP contribution in [0.4, 0.5) is 5.82 Å². The van der Waals surface area contributed by atoms with E-state index < -0.39 is 16.3 Å². The summed E-state index contributed by atoms with van der Waals surface area (Å²) in [4.78, 5) is 4.22. The zero-order valence-electron chi connectivity index (χ0n) is 12.2. The molecule has 22 heavy (non-hydrogen) atoms. The van der Waals surface area contributed by atoms with Gasteiger partial charge >= 0.3 is 0 Å². The number of nitrogens with zero attached hydrogens (tertiary/aromatic N) is 3. The lowest BCUT2D eigenvalue weighted by Crippen LogP contribution is -2.52. The molecule has 2 aliphatic heterocycles. The maximum Gasteiger partial charge on any atom is 0.282 e. The van der Waals surface area contributed by atoms with Crippen molar-refractivity contribution in [3.63, 3.8) is 0 Å². The van der Waals surface area contributed by atoms with E-state index >= 15 is 0 Å². The van der Waals surface area contributed by atoms with Crippen molar-refractivity contribution in [3.05, 3.63) is 23.9 Å². The van der Waals surface area contributed by atoms with Crippen LogP contribution in [0.1, 0.15) is 11.8 Å². The lowest BCUT2D eigenvalue weighted by Gasteiger charge is -2.36. The van der Waals surface area contributed by atoms with Crippen LogP contribution >= 0.6 is 0 Å². The van der Waals surface area contributed by atoms with Crippen LogP contribution < -0.4 is 5.73 Å². The van der Waals surface area contributed by atoms with Crippen LogP contribution in [-0.4, -0.2) is 68.0 Å². The van der Waals surface area contributed by atoms with Gasteiger partial charge < -0.3 is 15.2 Å². The van der Waals surface area contributed by atoms with Gasteiger partial charge in [0.2, 0.25) is 0 Å².